The van der Waals surface area contributed by atoms with Gasteiger partial charge in [0.15, 0.2) is 0 Å². The van der Waals surface area contributed by atoms with Gasteiger partial charge in [0, 0.05) is 12.8 Å². The Kier molecular flexibility index (Phi) is 3.92. The van der Waals surface area contributed by atoms with E-state index in [1.165, 1.54) is 44.1 Å². The quantitative estimate of drug-likeness (QED) is 0.834. The molecule has 1 aromatic carbocycles. The molecule has 2 aliphatic rings. The molecule has 3 nitrogen and oxygen atoms in total. The smallest absolute Gasteiger partial charge is 0.348 e. The zero-order valence-electron chi connectivity index (χ0n) is 12.7. The fraction of sp³-hybridized carbons (Fsp3) is 0.611. The lowest BCUT2D eigenvalue weighted by atomic mass is 9.90. The van der Waals surface area contributed by atoms with Gasteiger partial charge in [0.05, 0.1) is 0 Å². The molecule has 114 valence electrons. The van der Waals surface area contributed by atoms with E-state index >= 15 is 0 Å². The third-order valence-electron chi connectivity index (χ3n) is 4.86. The fourth-order valence-electron chi connectivity index (χ4n) is 3.34. The molecule has 2 saturated carbocycles. The molecule has 0 spiro atoms. The molecule has 2 aliphatic carbocycles. The lowest BCUT2D eigenvalue weighted by Gasteiger charge is -2.22. The van der Waals surface area contributed by atoms with Gasteiger partial charge < -0.3 is 9.84 Å². The first-order chi connectivity index (χ1) is 10.1. The maximum atomic E-state index is 11.4. The molecule has 0 atom stereocenters. The Hall–Kier alpha value is -1.51. The summed E-state index contributed by atoms with van der Waals surface area (Å²) in [7, 11) is 0. The van der Waals surface area contributed by atoms with E-state index in [1.54, 1.807) is 0 Å². The van der Waals surface area contributed by atoms with Gasteiger partial charge in [0.1, 0.15) is 5.75 Å². The second-order valence-corrected chi connectivity index (χ2v) is 6.63. The molecule has 0 amide bonds. The van der Waals surface area contributed by atoms with Crippen molar-refractivity contribution in [3.05, 3.63) is 29.3 Å². The van der Waals surface area contributed by atoms with Gasteiger partial charge in [-0.25, -0.2) is 4.79 Å². The summed E-state index contributed by atoms with van der Waals surface area (Å²) < 4.78 is 5.98. The standard InChI is InChI=1S/C18H24O3/c1-13-8-9-15(14-6-4-2-3-5-7-14)16(12-13)21-18(10-11-18)17(19)20/h8-9,12,14H,2-7,10-11H2,1H3,(H,19,20). The first kappa shape index (κ1) is 14.4. The molecular formula is C18H24O3. The van der Waals surface area contributed by atoms with Gasteiger partial charge in [-0.1, -0.05) is 37.8 Å². The molecule has 0 unspecified atom stereocenters. The van der Waals surface area contributed by atoms with Gasteiger partial charge in [0.25, 0.3) is 0 Å². The molecule has 0 saturated heterocycles. The first-order valence-electron chi connectivity index (χ1n) is 8.14. The Morgan fingerprint density at radius 3 is 2.43 bits per heavy atom. The normalized spacial score (nSPS) is 21.6. The zero-order valence-corrected chi connectivity index (χ0v) is 12.7. The number of carboxylic acid groups (broad SMARTS) is 1. The highest BCUT2D eigenvalue weighted by Crippen LogP contribution is 2.44. The molecule has 0 heterocycles. The minimum atomic E-state index is -0.951. The number of aliphatic carboxylic acids is 1. The summed E-state index contributed by atoms with van der Waals surface area (Å²) in [5, 5.41) is 9.36. The topological polar surface area (TPSA) is 46.5 Å². The molecule has 21 heavy (non-hydrogen) atoms. The Bertz CT molecular complexity index is 523. The summed E-state index contributed by atoms with van der Waals surface area (Å²) in [6.45, 7) is 2.03. The third-order valence-corrected chi connectivity index (χ3v) is 4.86. The number of hydrogen-bond donors (Lipinski definition) is 1. The maximum Gasteiger partial charge on any atom is 0.348 e. The van der Waals surface area contributed by atoms with Crippen LogP contribution in [0.3, 0.4) is 0 Å². The molecule has 2 fully saturated rings. The van der Waals surface area contributed by atoms with Crippen LogP contribution in [0.15, 0.2) is 18.2 Å². The average Bonchev–Trinajstić information content (AvgIpc) is 3.23. The second-order valence-electron chi connectivity index (χ2n) is 6.63. The molecule has 0 aromatic heterocycles. The van der Waals surface area contributed by atoms with Gasteiger partial charge in [-0.2, -0.15) is 0 Å². The van der Waals surface area contributed by atoms with Crippen molar-refractivity contribution in [2.45, 2.75) is 69.8 Å². The van der Waals surface area contributed by atoms with Crippen molar-refractivity contribution in [2.24, 2.45) is 0 Å². The number of aryl methyl sites for hydroxylation is 1. The van der Waals surface area contributed by atoms with E-state index in [9.17, 15) is 9.90 Å². The van der Waals surface area contributed by atoms with E-state index in [4.69, 9.17) is 4.74 Å². The summed E-state index contributed by atoms with van der Waals surface area (Å²) in [5.41, 5.74) is 1.39. The molecule has 0 aliphatic heterocycles. The summed E-state index contributed by atoms with van der Waals surface area (Å²) >= 11 is 0. The summed E-state index contributed by atoms with van der Waals surface area (Å²) in [4.78, 5) is 11.4. The molecular weight excluding hydrogens is 264 g/mol. The maximum absolute atomic E-state index is 11.4. The molecule has 0 radical (unpaired) electrons. The number of rotatable bonds is 4. The number of benzene rings is 1. The van der Waals surface area contributed by atoms with E-state index in [0.717, 1.165) is 11.3 Å². The Morgan fingerprint density at radius 2 is 1.86 bits per heavy atom. The lowest BCUT2D eigenvalue weighted by Crippen LogP contribution is -2.29. The monoisotopic (exact) mass is 288 g/mol. The van der Waals surface area contributed by atoms with Crippen LogP contribution in [0.25, 0.3) is 0 Å². The van der Waals surface area contributed by atoms with Crippen molar-refractivity contribution in [2.75, 3.05) is 0 Å². The SMILES string of the molecule is Cc1ccc(C2CCCCCC2)c(OC2(C(=O)O)CC2)c1. The van der Waals surface area contributed by atoms with E-state index in [1.807, 2.05) is 13.0 Å². The van der Waals surface area contributed by atoms with Crippen molar-refractivity contribution in [3.63, 3.8) is 0 Å². The van der Waals surface area contributed by atoms with Crippen LogP contribution >= 0.6 is 0 Å². The van der Waals surface area contributed by atoms with Crippen LogP contribution in [0.1, 0.15) is 68.4 Å². The minimum absolute atomic E-state index is 0.521. The van der Waals surface area contributed by atoms with Crippen molar-refractivity contribution in [3.8, 4) is 5.75 Å². The number of ether oxygens (including phenoxy) is 1. The molecule has 0 bridgehead atoms. The summed E-state index contributed by atoms with van der Waals surface area (Å²) in [6.07, 6.45) is 8.80. The third kappa shape index (κ3) is 3.07. The first-order valence-corrected chi connectivity index (χ1v) is 8.14. The summed E-state index contributed by atoms with van der Waals surface area (Å²) in [5.74, 6) is 0.505. The highest BCUT2D eigenvalue weighted by Gasteiger charge is 2.53. The summed E-state index contributed by atoms with van der Waals surface area (Å²) in [6, 6.07) is 6.29. The zero-order chi connectivity index (χ0) is 14.9. The van der Waals surface area contributed by atoms with Crippen LogP contribution in [0.5, 0.6) is 5.75 Å². The molecule has 1 N–H and O–H groups in total. The van der Waals surface area contributed by atoms with Gasteiger partial charge in [-0.05, 0) is 42.9 Å². The van der Waals surface area contributed by atoms with E-state index in [0.29, 0.717) is 18.8 Å². The Balaban J connectivity index is 1.87. The number of carbonyl (C=O) groups is 1. The van der Waals surface area contributed by atoms with Crippen molar-refractivity contribution in [1.29, 1.82) is 0 Å². The fourth-order valence-corrected chi connectivity index (χ4v) is 3.34. The highest BCUT2D eigenvalue weighted by molar-refractivity contribution is 5.81. The predicted molar refractivity (Wildman–Crippen MR) is 81.9 cm³/mol. The van der Waals surface area contributed by atoms with Crippen LogP contribution in [0.4, 0.5) is 0 Å². The highest BCUT2D eigenvalue weighted by atomic mass is 16.5. The second kappa shape index (κ2) is 5.70. The van der Waals surface area contributed by atoms with Crippen LogP contribution in [0.2, 0.25) is 0 Å². The van der Waals surface area contributed by atoms with Crippen molar-refractivity contribution < 1.29 is 14.6 Å². The average molecular weight is 288 g/mol. The van der Waals surface area contributed by atoms with E-state index < -0.39 is 11.6 Å². The Morgan fingerprint density at radius 1 is 1.19 bits per heavy atom. The van der Waals surface area contributed by atoms with Crippen molar-refractivity contribution >= 4 is 5.97 Å². The van der Waals surface area contributed by atoms with Crippen LogP contribution < -0.4 is 4.74 Å². The van der Waals surface area contributed by atoms with Crippen molar-refractivity contribution in [1.82, 2.24) is 0 Å². The molecule has 3 rings (SSSR count). The van der Waals surface area contributed by atoms with Gasteiger partial charge in [0.2, 0.25) is 5.60 Å². The van der Waals surface area contributed by atoms with Crippen LogP contribution in [-0.2, 0) is 4.79 Å². The van der Waals surface area contributed by atoms with Crippen LogP contribution in [-0.4, -0.2) is 16.7 Å². The molecule has 3 heteroatoms. The van der Waals surface area contributed by atoms with Gasteiger partial charge in [-0.15, -0.1) is 0 Å². The van der Waals surface area contributed by atoms with Gasteiger partial charge in [-0.3, -0.25) is 0 Å². The van der Waals surface area contributed by atoms with Gasteiger partial charge >= 0.3 is 5.97 Å². The molecule has 1 aromatic rings. The Labute approximate surface area is 126 Å². The largest absolute Gasteiger partial charge is 0.478 e. The van der Waals surface area contributed by atoms with E-state index in [-0.39, 0.29) is 0 Å². The number of hydrogen-bond acceptors (Lipinski definition) is 2. The van der Waals surface area contributed by atoms with Crippen LogP contribution in [0, 0.1) is 6.92 Å². The lowest BCUT2D eigenvalue weighted by molar-refractivity contribution is -0.147. The number of carboxylic acids is 1. The van der Waals surface area contributed by atoms with E-state index in [2.05, 4.69) is 12.1 Å². The minimum Gasteiger partial charge on any atom is -0.478 e. The predicted octanol–water partition coefficient (Wildman–Crippen LogP) is 4.43.